The first-order valence-corrected chi connectivity index (χ1v) is 6.45. The van der Waals surface area contributed by atoms with E-state index in [4.69, 9.17) is 5.11 Å². The van der Waals surface area contributed by atoms with E-state index in [2.05, 4.69) is 23.5 Å². The summed E-state index contributed by atoms with van der Waals surface area (Å²) >= 11 is 0. The third-order valence-corrected chi connectivity index (χ3v) is 3.13. The maximum absolute atomic E-state index is 11.6. The minimum Gasteiger partial charge on any atom is -0.481 e. The van der Waals surface area contributed by atoms with Crippen LogP contribution < -0.4 is 5.32 Å². The number of carboxylic acids is 1. The first-order valence-electron chi connectivity index (χ1n) is 6.45. The third kappa shape index (κ3) is 5.12. The van der Waals surface area contributed by atoms with Crippen LogP contribution in [0.5, 0.6) is 0 Å². The van der Waals surface area contributed by atoms with Crippen LogP contribution in [0.1, 0.15) is 30.0 Å². The van der Waals surface area contributed by atoms with Gasteiger partial charge in [-0.3, -0.25) is 9.59 Å². The molecule has 1 unspecified atom stereocenters. The van der Waals surface area contributed by atoms with Gasteiger partial charge in [0, 0.05) is 12.5 Å². The van der Waals surface area contributed by atoms with Crippen molar-refractivity contribution in [3.05, 3.63) is 34.9 Å². The Bertz CT molecular complexity index is 468. The van der Waals surface area contributed by atoms with Gasteiger partial charge in [0.1, 0.15) is 0 Å². The van der Waals surface area contributed by atoms with Crippen LogP contribution in [-0.4, -0.2) is 23.5 Å². The van der Waals surface area contributed by atoms with Gasteiger partial charge in [0.2, 0.25) is 5.91 Å². The van der Waals surface area contributed by atoms with Gasteiger partial charge in [0.25, 0.3) is 0 Å². The molecule has 4 heteroatoms. The standard InChI is InChI=1S/C15H21NO3/c1-10-4-5-11(2)13(8-10)6-7-16-15(19)12(3)9-14(17)18/h4-5,8,12H,6-7,9H2,1-3H3,(H,16,19)(H,17,18). The molecule has 0 fully saturated rings. The third-order valence-electron chi connectivity index (χ3n) is 3.13. The fourth-order valence-electron chi connectivity index (χ4n) is 1.92. The average Bonchev–Trinajstić information content (AvgIpc) is 2.32. The highest BCUT2D eigenvalue weighted by molar-refractivity contribution is 5.82. The Morgan fingerprint density at radius 2 is 2.00 bits per heavy atom. The fourth-order valence-corrected chi connectivity index (χ4v) is 1.92. The van der Waals surface area contributed by atoms with E-state index in [9.17, 15) is 9.59 Å². The van der Waals surface area contributed by atoms with E-state index in [1.54, 1.807) is 6.92 Å². The summed E-state index contributed by atoms with van der Waals surface area (Å²) in [5.41, 5.74) is 3.62. The number of hydrogen-bond acceptors (Lipinski definition) is 2. The van der Waals surface area contributed by atoms with E-state index in [0.29, 0.717) is 6.54 Å². The van der Waals surface area contributed by atoms with Crippen LogP contribution in [0.25, 0.3) is 0 Å². The zero-order valence-corrected chi connectivity index (χ0v) is 11.7. The summed E-state index contributed by atoms with van der Waals surface area (Å²) in [4.78, 5) is 22.2. The quantitative estimate of drug-likeness (QED) is 0.825. The molecule has 0 radical (unpaired) electrons. The van der Waals surface area contributed by atoms with E-state index in [1.807, 2.05) is 13.8 Å². The number of rotatable bonds is 6. The molecule has 0 saturated carbocycles. The number of hydrogen-bond donors (Lipinski definition) is 2. The molecule has 1 amide bonds. The van der Waals surface area contributed by atoms with Crippen LogP contribution >= 0.6 is 0 Å². The predicted octanol–water partition coefficient (Wildman–Crippen LogP) is 2.07. The van der Waals surface area contributed by atoms with Crippen molar-refractivity contribution >= 4 is 11.9 Å². The second-order valence-electron chi connectivity index (χ2n) is 4.97. The van der Waals surface area contributed by atoms with Crippen molar-refractivity contribution in [2.24, 2.45) is 5.92 Å². The van der Waals surface area contributed by atoms with Crippen molar-refractivity contribution in [3.8, 4) is 0 Å². The molecule has 0 aliphatic heterocycles. The molecule has 0 aliphatic rings. The predicted molar refractivity (Wildman–Crippen MR) is 74.0 cm³/mol. The van der Waals surface area contributed by atoms with Gasteiger partial charge in [-0.25, -0.2) is 0 Å². The molecule has 0 aliphatic carbocycles. The SMILES string of the molecule is Cc1ccc(C)c(CCNC(=O)C(C)CC(=O)O)c1. The molecule has 0 aromatic heterocycles. The van der Waals surface area contributed by atoms with Gasteiger partial charge in [-0.05, 0) is 31.4 Å². The van der Waals surface area contributed by atoms with E-state index in [-0.39, 0.29) is 12.3 Å². The summed E-state index contributed by atoms with van der Waals surface area (Å²) < 4.78 is 0. The number of aryl methyl sites for hydroxylation is 2. The Balaban J connectivity index is 2.43. The Morgan fingerprint density at radius 1 is 1.32 bits per heavy atom. The summed E-state index contributed by atoms with van der Waals surface area (Å²) in [7, 11) is 0. The lowest BCUT2D eigenvalue weighted by molar-refractivity contribution is -0.140. The maximum Gasteiger partial charge on any atom is 0.304 e. The highest BCUT2D eigenvalue weighted by Gasteiger charge is 2.15. The number of carbonyl (C=O) groups excluding carboxylic acids is 1. The first kappa shape index (κ1) is 15.2. The normalized spacial score (nSPS) is 11.9. The van der Waals surface area contributed by atoms with Crippen LogP contribution in [0.15, 0.2) is 18.2 Å². The van der Waals surface area contributed by atoms with Gasteiger partial charge >= 0.3 is 5.97 Å². The van der Waals surface area contributed by atoms with Crippen LogP contribution in [0.2, 0.25) is 0 Å². The molecular formula is C15H21NO3. The van der Waals surface area contributed by atoms with Gasteiger partial charge in [0.15, 0.2) is 0 Å². The molecule has 1 rings (SSSR count). The zero-order valence-electron chi connectivity index (χ0n) is 11.7. The summed E-state index contributed by atoms with van der Waals surface area (Å²) in [6.07, 6.45) is 0.633. The molecule has 1 aromatic carbocycles. The Kier molecular flexibility index (Phi) is 5.55. The average molecular weight is 263 g/mol. The van der Waals surface area contributed by atoms with Crippen LogP contribution in [-0.2, 0) is 16.0 Å². The molecule has 19 heavy (non-hydrogen) atoms. The van der Waals surface area contributed by atoms with Crippen LogP contribution in [0.4, 0.5) is 0 Å². The molecule has 0 bridgehead atoms. The zero-order chi connectivity index (χ0) is 14.4. The summed E-state index contributed by atoms with van der Waals surface area (Å²) in [5.74, 6) is -1.64. The Labute approximate surface area is 113 Å². The summed E-state index contributed by atoms with van der Waals surface area (Å²) in [6.45, 7) is 6.24. The highest BCUT2D eigenvalue weighted by Crippen LogP contribution is 2.11. The van der Waals surface area contributed by atoms with Gasteiger partial charge in [-0.15, -0.1) is 0 Å². The number of amides is 1. The molecule has 0 heterocycles. The monoisotopic (exact) mass is 263 g/mol. The number of aliphatic carboxylic acids is 1. The smallest absolute Gasteiger partial charge is 0.304 e. The topological polar surface area (TPSA) is 66.4 Å². The lowest BCUT2D eigenvalue weighted by Crippen LogP contribution is -2.32. The Morgan fingerprint density at radius 3 is 2.63 bits per heavy atom. The number of nitrogens with one attached hydrogen (secondary N) is 1. The van der Waals surface area contributed by atoms with E-state index >= 15 is 0 Å². The number of carbonyl (C=O) groups is 2. The number of carboxylic acid groups (broad SMARTS) is 1. The molecule has 0 spiro atoms. The molecule has 2 N–H and O–H groups in total. The van der Waals surface area contributed by atoms with Crippen LogP contribution in [0, 0.1) is 19.8 Å². The molecule has 104 valence electrons. The second kappa shape index (κ2) is 6.92. The van der Waals surface area contributed by atoms with Crippen molar-refractivity contribution in [2.75, 3.05) is 6.54 Å². The molecule has 0 saturated heterocycles. The lowest BCUT2D eigenvalue weighted by Gasteiger charge is -2.11. The molecule has 1 atom stereocenters. The molecule has 1 aromatic rings. The molecule has 4 nitrogen and oxygen atoms in total. The van der Waals surface area contributed by atoms with Gasteiger partial charge < -0.3 is 10.4 Å². The van der Waals surface area contributed by atoms with Gasteiger partial charge in [-0.1, -0.05) is 30.7 Å². The largest absolute Gasteiger partial charge is 0.481 e. The van der Waals surface area contributed by atoms with Crippen molar-refractivity contribution in [2.45, 2.75) is 33.6 Å². The summed E-state index contributed by atoms with van der Waals surface area (Å²) in [6, 6.07) is 6.24. The van der Waals surface area contributed by atoms with E-state index in [1.165, 1.54) is 16.7 Å². The van der Waals surface area contributed by atoms with E-state index in [0.717, 1.165) is 6.42 Å². The highest BCUT2D eigenvalue weighted by atomic mass is 16.4. The minimum absolute atomic E-state index is 0.130. The first-order chi connectivity index (χ1) is 8.90. The van der Waals surface area contributed by atoms with Crippen molar-refractivity contribution in [1.29, 1.82) is 0 Å². The van der Waals surface area contributed by atoms with Gasteiger partial charge in [0.05, 0.1) is 6.42 Å². The summed E-state index contributed by atoms with van der Waals surface area (Å²) in [5, 5.41) is 11.4. The molecular weight excluding hydrogens is 242 g/mol. The second-order valence-corrected chi connectivity index (χ2v) is 4.97. The van der Waals surface area contributed by atoms with E-state index < -0.39 is 11.9 Å². The maximum atomic E-state index is 11.6. The van der Waals surface area contributed by atoms with Crippen molar-refractivity contribution < 1.29 is 14.7 Å². The van der Waals surface area contributed by atoms with Crippen molar-refractivity contribution in [3.63, 3.8) is 0 Å². The number of benzene rings is 1. The van der Waals surface area contributed by atoms with Crippen molar-refractivity contribution in [1.82, 2.24) is 5.32 Å². The minimum atomic E-state index is -0.947. The van der Waals surface area contributed by atoms with Crippen LogP contribution in [0.3, 0.4) is 0 Å². The van der Waals surface area contributed by atoms with Gasteiger partial charge in [-0.2, -0.15) is 0 Å². The lowest BCUT2D eigenvalue weighted by atomic mass is 10.0. The Hall–Kier alpha value is -1.84. The fraction of sp³-hybridized carbons (Fsp3) is 0.467.